The summed E-state index contributed by atoms with van der Waals surface area (Å²) in [6.45, 7) is 1.33. The van der Waals surface area contributed by atoms with E-state index < -0.39 is 0 Å². The zero-order valence-electron chi connectivity index (χ0n) is 15.7. The molecule has 0 radical (unpaired) electrons. The van der Waals surface area contributed by atoms with E-state index in [0.717, 1.165) is 23.4 Å². The van der Waals surface area contributed by atoms with E-state index in [-0.39, 0.29) is 11.9 Å². The Labute approximate surface area is 162 Å². The fourth-order valence-electron chi connectivity index (χ4n) is 3.77. The van der Waals surface area contributed by atoms with E-state index in [1.807, 2.05) is 40.0 Å². The summed E-state index contributed by atoms with van der Waals surface area (Å²) < 4.78 is 7.32. The van der Waals surface area contributed by atoms with Crippen molar-refractivity contribution in [2.75, 3.05) is 20.2 Å². The van der Waals surface area contributed by atoms with Crippen LogP contribution in [0.25, 0.3) is 11.3 Å². The highest BCUT2D eigenvalue weighted by Gasteiger charge is 2.32. The second-order valence-corrected chi connectivity index (χ2v) is 7.46. The van der Waals surface area contributed by atoms with Crippen LogP contribution in [0.15, 0.2) is 36.5 Å². The second-order valence-electron chi connectivity index (χ2n) is 7.46. The van der Waals surface area contributed by atoms with Gasteiger partial charge in [-0.15, -0.1) is 5.10 Å². The van der Waals surface area contributed by atoms with Crippen LogP contribution in [-0.4, -0.2) is 56.2 Å². The zero-order valence-corrected chi connectivity index (χ0v) is 15.7. The maximum Gasteiger partial charge on any atom is 0.271 e. The molecule has 2 aromatic heterocycles. The van der Waals surface area contributed by atoms with Gasteiger partial charge in [0.2, 0.25) is 0 Å². The molecule has 1 aliphatic carbocycles. The van der Waals surface area contributed by atoms with Crippen LogP contribution in [0.1, 0.15) is 47.4 Å². The molecule has 5 rings (SSSR count). The van der Waals surface area contributed by atoms with Crippen LogP contribution in [0.3, 0.4) is 0 Å². The van der Waals surface area contributed by atoms with Crippen molar-refractivity contribution in [1.29, 1.82) is 0 Å². The lowest BCUT2D eigenvalue weighted by atomic mass is 10.1. The van der Waals surface area contributed by atoms with Crippen molar-refractivity contribution in [1.82, 2.24) is 30.1 Å². The van der Waals surface area contributed by atoms with Gasteiger partial charge in [-0.3, -0.25) is 9.89 Å². The number of aromatic nitrogens is 5. The number of H-pyrrole nitrogens is 1. The lowest BCUT2D eigenvalue weighted by Gasteiger charge is -2.15. The summed E-state index contributed by atoms with van der Waals surface area (Å²) in [7, 11) is 1.63. The lowest BCUT2D eigenvalue weighted by Crippen LogP contribution is -2.29. The Morgan fingerprint density at radius 2 is 2.11 bits per heavy atom. The summed E-state index contributed by atoms with van der Waals surface area (Å²) in [5.41, 5.74) is 3.12. The fraction of sp³-hybridized carbons (Fsp3) is 0.400. The molecule has 144 valence electrons. The highest BCUT2D eigenvalue weighted by Crippen LogP contribution is 2.39. The molecule has 3 aromatic rings. The van der Waals surface area contributed by atoms with Gasteiger partial charge in [0.05, 0.1) is 24.5 Å². The summed E-state index contributed by atoms with van der Waals surface area (Å²) in [6, 6.07) is 9.61. The Balaban J connectivity index is 1.30. The number of rotatable bonds is 5. The monoisotopic (exact) mass is 378 g/mol. The minimum atomic E-state index is -0.0429. The number of para-hydroxylation sites is 1. The maximum atomic E-state index is 12.9. The van der Waals surface area contributed by atoms with Gasteiger partial charge in [0.25, 0.3) is 5.91 Å². The second kappa shape index (κ2) is 6.78. The molecule has 2 aliphatic rings. The van der Waals surface area contributed by atoms with Gasteiger partial charge >= 0.3 is 0 Å². The van der Waals surface area contributed by atoms with E-state index in [0.29, 0.717) is 30.4 Å². The summed E-state index contributed by atoms with van der Waals surface area (Å²) in [4.78, 5) is 14.8. The van der Waals surface area contributed by atoms with Gasteiger partial charge in [0.1, 0.15) is 11.4 Å². The van der Waals surface area contributed by atoms with Crippen molar-refractivity contribution >= 4 is 5.91 Å². The molecule has 1 saturated heterocycles. The van der Waals surface area contributed by atoms with Gasteiger partial charge in [0, 0.05) is 30.8 Å². The molecule has 8 nitrogen and oxygen atoms in total. The molecule has 3 heterocycles. The molecular weight excluding hydrogens is 356 g/mol. The minimum absolute atomic E-state index is 0.0429. The van der Waals surface area contributed by atoms with E-state index in [4.69, 9.17) is 4.74 Å². The number of carbonyl (C=O) groups excluding carboxylic acids is 1. The highest BCUT2D eigenvalue weighted by atomic mass is 16.5. The van der Waals surface area contributed by atoms with Gasteiger partial charge in [-0.05, 0) is 37.5 Å². The molecule has 1 amide bonds. The SMILES string of the molecule is COc1ccccc1-c1cc(C(=O)N2CCC(n3cc(C4CC4)nn3)C2)[nH]n1. The zero-order chi connectivity index (χ0) is 19.1. The summed E-state index contributed by atoms with van der Waals surface area (Å²) in [5.74, 6) is 1.27. The molecule has 0 bridgehead atoms. The third-order valence-corrected chi connectivity index (χ3v) is 5.54. The van der Waals surface area contributed by atoms with Crippen molar-refractivity contribution in [3.8, 4) is 17.0 Å². The molecule has 1 unspecified atom stereocenters. The molecule has 28 heavy (non-hydrogen) atoms. The van der Waals surface area contributed by atoms with Crippen molar-refractivity contribution in [2.45, 2.75) is 31.2 Å². The third kappa shape index (κ3) is 3.04. The number of hydrogen-bond donors (Lipinski definition) is 1. The molecule has 1 saturated carbocycles. The van der Waals surface area contributed by atoms with Crippen molar-refractivity contribution < 1.29 is 9.53 Å². The summed E-state index contributed by atoms with van der Waals surface area (Å²) in [5, 5.41) is 15.8. The van der Waals surface area contributed by atoms with E-state index in [1.54, 1.807) is 13.2 Å². The molecule has 1 atom stereocenters. The molecule has 0 spiro atoms. The Bertz CT molecular complexity index is 1010. The van der Waals surface area contributed by atoms with Gasteiger partial charge < -0.3 is 9.64 Å². The highest BCUT2D eigenvalue weighted by molar-refractivity contribution is 5.93. The summed E-state index contributed by atoms with van der Waals surface area (Å²) in [6.07, 6.45) is 5.35. The van der Waals surface area contributed by atoms with Crippen molar-refractivity contribution in [3.05, 3.63) is 47.9 Å². The quantitative estimate of drug-likeness (QED) is 0.737. The maximum absolute atomic E-state index is 12.9. The van der Waals surface area contributed by atoms with Crippen LogP contribution in [0.2, 0.25) is 0 Å². The average Bonchev–Trinajstić information content (AvgIpc) is 3.17. The standard InChI is InChI=1S/C20H22N6O2/c1-28-19-5-3-2-4-15(19)16-10-17(22-21-16)20(27)25-9-8-14(11-25)26-12-18(23-24-26)13-6-7-13/h2-5,10,12-14H,6-9,11H2,1H3,(H,21,22). The largest absolute Gasteiger partial charge is 0.496 e. The minimum Gasteiger partial charge on any atom is -0.496 e. The molecule has 2 fully saturated rings. The number of aromatic amines is 1. The first-order chi connectivity index (χ1) is 13.7. The Hall–Kier alpha value is -3.16. The van der Waals surface area contributed by atoms with Crippen molar-refractivity contribution in [2.24, 2.45) is 0 Å². The Kier molecular flexibility index (Phi) is 4.11. The number of nitrogens with one attached hydrogen (secondary N) is 1. The van der Waals surface area contributed by atoms with Crippen LogP contribution in [0.4, 0.5) is 0 Å². The van der Waals surface area contributed by atoms with Crippen LogP contribution in [0.5, 0.6) is 5.75 Å². The Morgan fingerprint density at radius 1 is 1.25 bits per heavy atom. The van der Waals surface area contributed by atoms with Crippen molar-refractivity contribution in [3.63, 3.8) is 0 Å². The van der Waals surface area contributed by atoms with Crippen LogP contribution >= 0.6 is 0 Å². The van der Waals surface area contributed by atoms with Gasteiger partial charge in [-0.2, -0.15) is 5.10 Å². The third-order valence-electron chi connectivity index (χ3n) is 5.54. The topological polar surface area (TPSA) is 88.9 Å². The first-order valence-electron chi connectivity index (χ1n) is 9.62. The molecule has 1 aromatic carbocycles. The van der Waals surface area contributed by atoms with Gasteiger partial charge in [-0.25, -0.2) is 4.68 Å². The van der Waals surface area contributed by atoms with Crippen LogP contribution in [0, 0.1) is 0 Å². The number of likely N-dealkylation sites (tertiary alicyclic amines) is 1. The van der Waals surface area contributed by atoms with E-state index >= 15 is 0 Å². The summed E-state index contributed by atoms with van der Waals surface area (Å²) >= 11 is 0. The van der Waals surface area contributed by atoms with E-state index in [2.05, 4.69) is 20.5 Å². The molecule has 1 N–H and O–H groups in total. The first kappa shape index (κ1) is 17.0. The predicted molar refractivity (Wildman–Crippen MR) is 102 cm³/mol. The van der Waals surface area contributed by atoms with E-state index in [1.165, 1.54) is 12.8 Å². The first-order valence-corrected chi connectivity index (χ1v) is 9.62. The normalized spacial score (nSPS) is 19.2. The van der Waals surface area contributed by atoms with Crippen LogP contribution in [-0.2, 0) is 0 Å². The number of benzene rings is 1. The fourth-order valence-corrected chi connectivity index (χ4v) is 3.77. The van der Waals surface area contributed by atoms with Crippen LogP contribution < -0.4 is 4.74 Å². The molecular formula is C20H22N6O2. The number of amides is 1. The number of methoxy groups -OCH3 is 1. The van der Waals surface area contributed by atoms with Gasteiger partial charge in [-0.1, -0.05) is 17.3 Å². The number of carbonyl (C=O) groups is 1. The number of ether oxygens (including phenoxy) is 1. The van der Waals surface area contributed by atoms with E-state index in [9.17, 15) is 4.79 Å². The Morgan fingerprint density at radius 3 is 2.93 bits per heavy atom. The molecule has 1 aliphatic heterocycles. The molecule has 8 heteroatoms. The predicted octanol–water partition coefficient (Wildman–Crippen LogP) is 2.64. The average molecular weight is 378 g/mol. The number of hydrogen-bond acceptors (Lipinski definition) is 5. The smallest absolute Gasteiger partial charge is 0.271 e. The van der Waals surface area contributed by atoms with Gasteiger partial charge in [0.15, 0.2) is 0 Å². The lowest BCUT2D eigenvalue weighted by molar-refractivity contribution is 0.0781. The number of nitrogens with zero attached hydrogens (tertiary/aromatic N) is 5.